The fourth-order valence-corrected chi connectivity index (χ4v) is 2.40. The maximum absolute atomic E-state index is 5.95. The number of hydrogen-bond donors (Lipinski definition) is 1. The van der Waals surface area contributed by atoms with Gasteiger partial charge in [-0.15, -0.1) is 0 Å². The van der Waals surface area contributed by atoms with Crippen LogP contribution in [0, 0.1) is 5.92 Å². The minimum Gasteiger partial charge on any atom is -0.490 e. The number of rotatable bonds is 3. The Morgan fingerprint density at radius 2 is 1.75 bits per heavy atom. The SMILES string of the molecule is CCC1CCC(Oc2ccc(N)cc2)CC1. The molecule has 0 atom stereocenters. The van der Waals surface area contributed by atoms with Crippen LogP contribution in [0.4, 0.5) is 5.69 Å². The highest BCUT2D eigenvalue weighted by molar-refractivity contribution is 5.41. The lowest BCUT2D eigenvalue weighted by atomic mass is 9.86. The summed E-state index contributed by atoms with van der Waals surface area (Å²) >= 11 is 0. The van der Waals surface area contributed by atoms with Crippen molar-refractivity contribution in [2.75, 3.05) is 5.73 Å². The minimum atomic E-state index is 0.409. The van der Waals surface area contributed by atoms with Gasteiger partial charge in [0.15, 0.2) is 0 Å². The molecule has 16 heavy (non-hydrogen) atoms. The summed E-state index contributed by atoms with van der Waals surface area (Å²) in [6.07, 6.45) is 6.75. The summed E-state index contributed by atoms with van der Waals surface area (Å²) in [5.41, 5.74) is 6.43. The Bertz CT molecular complexity index is 312. The van der Waals surface area contributed by atoms with E-state index in [2.05, 4.69) is 6.92 Å². The van der Waals surface area contributed by atoms with Gasteiger partial charge in [0, 0.05) is 5.69 Å². The molecular formula is C14H21NO. The van der Waals surface area contributed by atoms with Crippen molar-refractivity contribution in [3.63, 3.8) is 0 Å². The van der Waals surface area contributed by atoms with Crippen LogP contribution in [-0.2, 0) is 0 Å². The molecular weight excluding hydrogens is 198 g/mol. The fraction of sp³-hybridized carbons (Fsp3) is 0.571. The molecule has 2 N–H and O–H groups in total. The van der Waals surface area contributed by atoms with E-state index >= 15 is 0 Å². The van der Waals surface area contributed by atoms with Crippen LogP contribution in [-0.4, -0.2) is 6.10 Å². The normalized spacial score (nSPS) is 25.3. The topological polar surface area (TPSA) is 35.2 Å². The van der Waals surface area contributed by atoms with E-state index in [4.69, 9.17) is 10.5 Å². The highest BCUT2D eigenvalue weighted by Crippen LogP contribution is 2.29. The van der Waals surface area contributed by atoms with Gasteiger partial charge in [0.1, 0.15) is 5.75 Å². The van der Waals surface area contributed by atoms with Crippen molar-refractivity contribution in [2.45, 2.75) is 45.1 Å². The first-order valence-corrected chi connectivity index (χ1v) is 6.30. The molecule has 0 unspecified atom stereocenters. The largest absolute Gasteiger partial charge is 0.490 e. The summed E-state index contributed by atoms with van der Waals surface area (Å²) in [6, 6.07) is 7.71. The first kappa shape index (κ1) is 11.3. The van der Waals surface area contributed by atoms with E-state index in [9.17, 15) is 0 Å². The smallest absolute Gasteiger partial charge is 0.119 e. The lowest BCUT2D eigenvalue weighted by Crippen LogP contribution is -2.23. The van der Waals surface area contributed by atoms with Gasteiger partial charge in [-0.25, -0.2) is 0 Å². The molecule has 0 saturated heterocycles. The van der Waals surface area contributed by atoms with Gasteiger partial charge in [0.25, 0.3) is 0 Å². The zero-order valence-corrected chi connectivity index (χ0v) is 9.99. The van der Waals surface area contributed by atoms with Gasteiger partial charge in [-0.3, -0.25) is 0 Å². The van der Waals surface area contributed by atoms with Crippen LogP contribution in [0.3, 0.4) is 0 Å². The van der Waals surface area contributed by atoms with Crippen molar-refractivity contribution < 1.29 is 4.74 Å². The third-order valence-corrected chi connectivity index (χ3v) is 3.55. The van der Waals surface area contributed by atoms with Crippen LogP contribution >= 0.6 is 0 Å². The van der Waals surface area contributed by atoms with E-state index < -0.39 is 0 Å². The number of nitrogens with two attached hydrogens (primary N) is 1. The Morgan fingerprint density at radius 1 is 1.12 bits per heavy atom. The third kappa shape index (κ3) is 2.91. The molecule has 1 saturated carbocycles. The fourth-order valence-electron chi connectivity index (χ4n) is 2.40. The predicted octanol–water partition coefficient (Wildman–Crippen LogP) is 3.62. The summed E-state index contributed by atoms with van der Waals surface area (Å²) in [7, 11) is 0. The average Bonchev–Trinajstić information content (AvgIpc) is 2.33. The Hall–Kier alpha value is -1.18. The number of hydrogen-bond acceptors (Lipinski definition) is 2. The average molecular weight is 219 g/mol. The van der Waals surface area contributed by atoms with Crippen molar-refractivity contribution in [3.05, 3.63) is 24.3 Å². The maximum atomic E-state index is 5.95. The van der Waals surface area contributed by atoms with E-state index in [0.717, 1.165) is 17.4 Å². The van der Waals surface area contributed by atoms with E-state index in [-0.39, 0.29) is 0 Å². The molecule has 0 bridgehead atoms. The van der Waals surface area contributed by atoms with E-state index in [1.54, 1.807) is 0 Å². The molecule has 1 fully saturated rings. The zero-order valence-electron chi connectivity index (χ0n) is 9.99. The second-order valence-corrected chi connectivity index (χ2v) is 4.74. The van der Waals surface area contributed by atoms with Crippen molar-refractivity contribution in [1.82, 2.24) is 0 Å². The van der Waals surface area contributed by atoms with Crippen molar-refractivity contribution in [2.24, 2.45) is 5.92 Å². The van der Waals surface area contributed by atoms with E-state index in [1.165, 1.54) is 32.1 Å². The summed E-state index contributed by atoms with van der Waals surface area (Å²) in [6.45, 7) is 2.28. The molecule has 0 heterocycles. The molecule has 0 spiro atoms. The highest BCUT2D eigenvalue weighted by atomic mass is 16.5. The van der Waals surface area contributed by atoms with Crippen molar-refractivity contribution in [1.29, 1.82) is 0 Å². The predicted molar refractivity (Wildman–Crippen MR) is 67.5 cm³/mol. The van der Waals surface area contributed by atoms with Crippen molar-refractivity contribution >= 4 is 5.69 Å². The Balaban J connectivity index is 1.84. The monoisotopic (exact) mass is 219 g/mol. The standard InChI is InChI=1S/C14H21NO/c1-2-11-3-7-13(8-4-11)16-14-9-5-12(15)6-10-14/h5-6,9-11,13H,2-4,7-8,15H2,1H3. The van der Waals surface area contributed by atoms with Crippen LogP contribution in [0.2, 0.25) is 0 Å². The van der Waals surface area contributed by atoms with Gasteiger partial charge < -0.3 is 10.5 Å². The van der Waals surface area contributed by atoms with Crippen LogP contribution in [0.15, 0.2) is 24.3 Å². The molecule has 1 aliphatic carbocycles. The lowest BCUT2D eigenvalue weighted by molar-refractivity contribution is 0.130. The van der Waals surface area contributed by atoms with Gasteiger partial charge in [0.05, 0.1) is 6.10 Å². The molecule has 2 nitrogen and oxygen atoms in total. The third-order valence-electron chi connectivity index (χ3n) is 3.55. The molecule has 88 valence electrons. The second-order valence-electron chi connectivity index (χ2n) is 4.74. The Labute approximate surface area is 97.8 Å². The number of benzene rings is 1. The minimum absolute atomic E-state index is 0.409. The highest BCUT2D eigenvalue weighted by Gasteiger charge is 2.20. The molecule has 0 aliphatic heterocycles. The Kier molecular flexibility index (Phi) is 3.70. The second kappa shape index (κ2) is 5.24. The quantitative estimate of drug-likeness (QED) is 0.788. The summed E-state index contributed by atoms with van der Waals surface area (Å²) in [5, 5.41) is 0. The molecule has 0 radical (unpaired) electrons. The van der Waals surface area contributed by atoms with Crippen LogP contribution < -0.4 is 10.5 Å². The summed E-state index contributed by atoms with van der Waals surface area (Å²) < 4.78 is 5.95. The first-order valence-electron chi connectivity index (χ1n) is 6.30. The van der Waals surface area contributed by atoms with Crippen molar-refractivity contribution in [3.8, 4) is 5.75 Å². The molecule has 0 amide bonds. The zero-order chi connectivity index (χ0) is 11.4. The lowest BCUT2D eigenvalue weighted by Gasteiger charge is -2.28. The molecule has 0 aromatic heterocycles. The molecule has 1 aromatic carbocycles. The van der Waals surface area contributed by atoms with Gasteiger partial charge in [-0.05, 0) is 55.9 Å². The van der Waals surface area contributed by atoms with E-state index in [1.807, 2.05) is 24.3 Å². The number of anilines is 1. The van der Waals surface area contributed by atoms with Gasteiger partial charge in [-0.1, -0.05) is 13.3 Å². The van der Waals surface area contributed by atoms with Gasteiger partial charge in [0.2, 0.25) is 0 Å². The number of nitrogen functional groups attached to an aromatic ring is 1. The first-order chi connectivity index (χ1) is 7.78. The molecule has 2 rings (SSSR count). The van der Waals surface area contributed by atoms with Crippen LogP contribution in [0.5, 0.6) is 5.75 Å². The van der Waals surface area contributed by atoms with Crippen LogP contribution in [0.1, 0.15) is 39.0 Å². The Morgan fingerprint density at radius 3 is 2.31 bits per heavy atom. The molecule has 1 aliphatic rings. The maximum Gasteiger partial charge on any atom is 0.119 e. The van der Waals surface area contributed by atoms with E-state index in [0.29, 0.717) is 6.10 Å². The van der Waals surface area contributed by atoms with Crippen LogP contribution in [0.25, 0.3) is 0 Å². The summed E-state index contributed by atoms with van der Waals surface area (Å²) in [4.78, 5) is 0. The summed E-state index contributed by atoms with van der Waals surface area (Å²) in [5.74, 6) is 1.88. The molecule has 2 heteroatoms. The number of ether oxygens (including phenoxy) is 1. The van der Waals surface area contributed by atoms with Gasteiger partial charge >= 0.3 is 0 Å². The van der Waals surface area contributed by atoms with Gasteiger partial charge in [-0.2, -0.15) is 0 Å². The molecule has 1 aromatic rings.